The van der Waals surface area contributed by atoms with Gasteiger partial charge < -0.3 is 15.5 Å². The molecule has 0 aliphatic carbocycles. The molecule has 3 unspecified atom stereocenters. The van der Waals surface area contributed by atoms with Gasteiger partial charge in [-0.3, -0.25) is 9.59 Å². The summed E-state index contributed by atoms with van der Waals surface area (Å²) < 4.78 is 38.5. The lowest BCUT2D eigenvalue weighted by molar-refractivity contribution is -0.137. The Morgan fingerprint density at radius 3 is 2.85 bits per heavy atom. The third-order valence-corrected chi connectivity index (χ3v) is 5.37. The van der Waals surface area contributed by atoms with Crippen molar-refractivity contribution in [2.45, 2.75) is 38.5 Å². The highest BCUT2D eigenvalue weighted by molar-refractivity contribution is 5.89. The highest BCUT2D eigenvalue weighted by atomic mass is 19.4. The molecule has 2 aliphatic heterocycles. The predicted octanol–water partition coefficient (Wildman–Crippen LogP) is 2.17. The highest BCUT2D eigenvalue weighted by Gasteiger charge is 2.36. The minimum Gasteiger partial charge on any atom is -0.352 e. The van der Waals surface area contributed by atoms with Crippen LogP contribution in [0, 0.1) is 11.8 Å². The second-order valence-corrected chi connectivity index (χ2v) is 7.46. The molecule has 148 valence electrons. The maximum Gasteiger partial charge on any atom is 0.416 e. The summed E-state index contributed by atoms with van der Waals surface area (Å²) in [6.07, 6.45) is -3.34. The van der Waals surface area contributed by atoms with Gasteiger partial charge in [0.05, 0.1) is 11.5 Å². The second kappa shape index (κ2) is 7.88. The fraction of sp³-hybridized carbons (Fsp3) is 0.579. The van der Waals surface area contributed by atoms with Crippen LogP contribution < -0.4 is 10.6 Å². The average molecular weight is 383 g/mol. The number of benzene rings is 1. The number of carbonyl (C=O) groups excluding carboxylic acids is 2. The number of piperidine rings is 1. The first-order chi connectivity index (χ1) is 12.7. The van der Waals surface area contributed by atoms with Crippen molar-refractivity contribution < 1.29 is 22.8 Å². The van der Waals surface area contributed by atoms with E-state index in [0.717, 1.165) is 25.1 Å². The van der Waals surface area contributed by atoms with Crippen molar-refractivity contribution in [3.05, 3.63) is 35.4 Å². The molecule has 2 aliphatic rings. The monoisotopic (exact) mass is 383 g/mol. The smallest absolute Gasteiger partial charge is 0.352 e. The summed E-state index contributed by atoms with van der Waals surface area (Å²) in [7, 11) is 0. The first-order valence-corrected chi connectivity index (χ1v) is 9.19. The van der Waals surface area contributed by atoms with Crippen molar-refractivity contribution in [3.8, 4) is 0 Å². The van der Waals surface area contributed by atoms with Crippen molar-refractivity contribution in [1.29, 1.82) is 0 Å². The molecule has 0 radical (unpaired) electrons. The Labute approximate surface area is 156 Å². The lowest BCUT2D eigenvalue weighted by Gasteiger charge is -2.31. The molecule has 1 aromatic rings. The zero-order valence-corrected chi connectivity index (χ0v) is 15.2. The Morgan fingerprint density at radius 2 is 2.15 bits per heavy atom. The van der Waals surface area contributed by atoms with Crippen LogP contribution in [0.25, 0.3) is 0 Å². The first kappa shape index (κ1) is 19.7. The fourth-order valence-electron chi connectivity index (χ4n) is 3.65. The van der Waals surface area contributed by atoms with Gasteiger partial charge in [0.25, 0.3) is 0 Å². The number of rotatable bonds is 4. The quantitative estimate of drug-likeness (QED) is 0.838. The molecule has 2 fully saturated rings. The van der Waals surface area contributed by atoms with Crippen molar-refractivity contribution in [3.63, 3.8) is 0 Å². The van der Waals surface area contributed by atoms with Crippen LogP contribution in [0.3, 0.4) is 0 Å². The van der Waals surface area contributed by atoms with E-state index in [2.05, 4.69) is 17.6 Å². The molecule has 2 amide bonds. The Kier molecular flexibility index (Phi) is 5.74. The van der Waals surface area contributed by atoms with Crippen LogP contribution in [0.15, 0.2) is 24.3 Å². The molecule has 3 atom stereocenters. The number of carbonyl (C=O) groups is 2. The summed E-state index contributed by atoms with van der Waals surface area (Å²) in [6, 6.07) is 4.99. The summed E-state index contributed by atoms with van der Waals surface area (Å²) in [5, 5.41) is 6.26. The van der Waals surface area contributed by atoms with Gasteiger partial charge in [-0.15, -0.1) is 0 Å². The molecule has 0 aromatic heterocycles. The van der Waals surface area contributed by atoms with E-state index in [9.17, 15) is 22.8 Å². The number of amides is 2. The van der Waals surface area contributed by atoms with Crippen molar-refractivity contribution in [2.24, 2.45) is 11.8 Å². The first-order valence-electron chi connectivity index (χ1n) is 9.19. The molecule has 2 N–H and O–H groups in total. The predicted molar refractivity (Wildman–Crippen MR) is 93.5 cm³/mol. The van der Waals surface area contributed by atoms with E-state index in [0.29, 0.717) is 18.0 Å². The summed E-state index contributed by atoms with van der Waals surface area (Å²) in [5.41, 5.74) is -0.330. The van der Waals surface area contributed by atoms with Gasteiger partial charge in [-0.2, -0.15) is 13.2 Å². The van der Waals surface area contributed by atoms with Gasteiger partial charge in [-0.1, -0.05) is 19.1 Å². The van der Waals surface area contributed by atoms with Crippen LogP contribution >= 0.6 is 0 Å². The van der Waals surface area contributed by atoms with E-state index in [1.54, 1.807) is 6.07 Å². The zero-order valence-electron chi connectivity index (χ0n) is 15.2. The molecular weight excluding hydrogens is 359 g/mol. The van der Waals surface area contributed by atoms with E-state index in [-0.39, 0.29) is 37.4 Å². The lowest BCUT2D eigenvalue weighted by Crippen LogP contribution is -2.51. The van der Waals surface area contributed by atoms with Gasteiger partial charge in [0, 0.05) is 32.1 Å². The van der Waals surface area contributed by atoms with Crippen LogP contribution in [0.5, 0.6) is 0 Å². The van der Waals surface area contributed by atoms with Crippen LogP contribution in [-0.2, 0) is 22.3 Å². The summed E-state index contributed by atoms with van der Waals surface area (Å²) >= 11 is 0. The van der Waals surface area contributed by atoms with E-state index in [1.165, 1.54) is 11.0 Å². The van der Waals surface area contributed by atoms with Gasteiger partial charge in [0.2, 0.25) is 11.8 Å². The van der Waals surface area contributed by atoms with Crippen molar-refractivity contribution in [2.75, 3.05) is 19.6 Å². The molecule has 1 aromatic carbocycles. The topological polar surface area (TPSA) is 61.4 Å². The lowest BCUT2D eigenvalue weighted by atomic mass is 9.94. The van der Waals surface area contributed by atoms with Crippen LogP contribution in [-0.4, -0.2) is 42.4 Å². The number of halogens is 3. The van der Waals surface area contributed by atoms with E-state index in [4.69, 9.17) is 0 Å². The molecule has 3 rings (SSSR count). The minimum absolute atomic E-state index is 0.0406. The third kappa shape index (κ3) is 4.80. The zero-order chi connectivity index (χ0) is 19.6. The normalized spacial score (nSPS) is 26.3. The maximum atomic E-state index is 12.8. The molecule has 0 bridgehead atoms. The third-order valence-electron chi connectivity index (χ3n) is 5.37. The van der Waals surface area contributed by atoms with E-state index in [1.807, 2.05) is 0 Å². The second-order valence-electron chi connectivity index (χ2n) is 7.46. The molecule has 0 spiro atoms. The number of nitrogens with one attached hydrogen (secondary N) is 2. The van der Waals surface area contributed by atoms with Gasteiger partial charge in [-0.25, -0.2) is 0 Å². The minimum atomic E-state index is -4.42. The van der Waals surface area contributed by atoms with Crippen molar-refractivity contribution in [1.82, 2.24) is 15.5 Å². The van der Waals surface area contributed by atoms with E-state index >= 15 is 0 Å². The molecule has 2 saturated heterocycles. The molecule has 0 saturated carbocycles. The maximum absolute atomic E-state index is 12.8. The summed E-state index contributed by atoms with van der Waals surface area (Å²) in [4.78, 5) is 26.2. The number of hydrogen-bond acceptors (Lipinski definition) is 3. The van der Waals surface area contributed by atoms with Gasteiger partial charge >= 0.3 is 6.18 Å². The van der Waals surface area contributed by atoms with Gasteiger partial charge in [0.15, 0.2) is 0 Å². The molecule has 27 heavy (non-hydrogen) atoms. The Balaban J connectivity index is 1.59. The average Bonchev–Trinajstić information content (AvgIpc) is 2.97. The van der Waals surface area contributed by atoms with E-state index < -0.39 is 17.7 Å². The van der Waals surface area contributed by atoms with Gasteiger partial charge in [-0.05, 0) is 36.6 Å². The summed E-state index contributed by atoms with van der Waals surface area (Å²) in [6.45, 7) is 4.04. The highest BCUT2D eigenvalue weighted by Crippen LogP contribution is 2.30. The summed E-state index contributed by atoms with van der Waals surface area (Å²) in [5.74, 6) is -0.455. The standard InChI is InChI=1S/C19H24F3N3O2/c1-12-5-6-23-9-16(12)24-18(27)14-8-17(26)25(11-14)10-13-3-2-4-15(7-13)19(20,21)22/h2-4,7,12,14,16,23H,5-6,8-11H2,1H3,(H,24,27). The van der Waals surface area contributed by atoms with Crippen LogP contribution in [0.4, 0.5) is 13.2 Å². The van der Waals surface area contributed by atoms with Gasteiger partial charge in [0.1, 0.15) is 0 Å². The number of nitrogens with zero attached hydrogens (tertiary/aromatic N) is 1. The van der Waals surface area contributed by atoms with Crippen LogP contribution in [0.1, 0.15) is 30.9 Å². The molecule has 2 heterocycles. The number of hydrogen-bond donors (Lipinski definition) is 2. The Bertz CT molecular complexity index is 708. The van der Waals surface area contributed by atoms with Crippen molar-refractivity contribution >= 4 is 11.8 Å². The van der Waals surface area contributed by atoms with Crippen LogP contribution in [0.2, 0.25) is 0 Å². The fourth-order valence-corrected chi connectivity index (χ4v) is 3.65. The largest absolute Gasteiger partial charge is 0.416 e. The number of alkyl halides is 3. The SMILES string of the molecule is CC1CCNCC1NC(=O)C1CC(=O)N(Cc2cccc(C(F)(F)F)c2)C1. The molecule has 5 nitrogen and oxygen atoms in total. The Morgan fingerprint density at radius 1 is 1.37 bits per heavy atom. The number of likely N-dealkylation sites (tertiary alicyclic amines) is 1. The Hall–Kier alpha value is -2.09. The molecule has 8 heteroatoms. The molecular formula is C19H24F3N3O2.